The molecule has 2 heterocycles. The molecule has 0 bridgehead atoms. The molecule has 2 aromatic heterocycles. The van der Waals surface area contributed by atoms with Gasteiger partial charge in [0.25, 0.3) is 5.91 Å². The highest BCUT2D eigenvalue weighted by atomic mass is 127. The molecule has 4 aromatic rings. The number of carbonyl (C=O) groups is 3. The number of benzene rings is 2. The molecule has 0 aliphatic heterocycles. The molecule has 3 N–H and O–H groups in total. The first-order valence-corrected chi connectivity index (χ1v) is 14.9. The molecule has 3 unspecified atom stereocenters. The third kappa shape index (κ3) is 6.95. The number of aliphatic hydroxyl groups excluding tert-OH is 2. The van der Waals surface area contributed by atoms with E-state index < -0.39 is 35.7 Å². The van der Waals surface area contributed by atoms with Gasteiger partial charge >= 0.3 is 5.63 Å². The van der Waals surface area contributed by atoms with E-state index >= 15 is 0 Å². The van der Waals surface area contributed by atoms with E-state index in [9.17, 15) is 29.4 Å². The van der Waals surface area contributed by atoms with Crippen LogP contribution in [0.2, 0.25) is 0 Å². The third-order valence-electron chi connectivity index (χ3n) is 7.32. The molecule has 5 rings (SSSR count). The van der Waals surface area contributed by atoms with Crippen molar-refractivity contribution in [2.24, 2.45) is 0 Å². The average Bonchev–Trinajstić information content (AvgIpc) is 3.57. The minimum Gasteiger partial charge on any atom is -0.493 e. The molecule has 0 fully saturated rings. The minimum absolute atomic E-state index is 0.0242. The number of rotatable bonds is 11. The lowest BCUT2D eigenvalue weighted by atomic mass is 9.87. The lowest BCUT2D eigenvalue weighted by Crippen LogP contribution is -2.55. The van der Waals surface area contributed by atoms with Crippen LogP contribution in [-0.4, -0.2) is 71.7 Å². The largest absolute Gasteiger partial charge is 0.493 e. The summed E-state index contributed by atoms with van der Waals surface area (Å²) in [6.07, 6.45) is 2.26. The fourth-order valence-corrected chi connectivity index (χ4v) is 5.88. The summed E-state index contributed by atoms with van der Waals surface area (Å²) in [4.78, 5) is 53.1. The Labute approximate surface area is 270 Å². The van der Waals surface area contributed by atoms with Crippen molar-refractivity contribution >= 4 is 51.7 Å². The maximum atomic E-state index is 14.2. The molecular weight excluding hydrogens is 699 g/mol. The Morgan fingerprint density at radius 2 is 2.00 bits per heavy atom. The van der Waals surface area contributed by atoms with Gasteiger partial charge in [-0.25, -0.2) is 4.79 Å². The number of ether oxygens (including phenoxy) is 2. The number of nitrogens with one attached hydrogen (secondary N) is 1. The second kappa shape index (κ2) is 14.1. The number of furan rings is 1. The van der Waals surface area contributed by atoms with Crippen molar-refractivity contribution < 1.29 is 42.9 Å². The number of nitrogens with zero attached hydrogens (tertiary/aromatic N) is 1. The van der Waals surface area contributed by atoms with E-state index in [0.29, 0.717) is 32.0 Å². The molecule has 12 nitrogen and oxygen atoms in total. The zero-order valence-corrected chi connectivity index (χ0v) is 26.1. The topological polar surface area (TPSA) is 169 Å². The monoisotopic (exact) mass is 728 g/mol. The number of hydrogen-bond acceptors (Lipinski definition) is 10. The van der Waals surface area contributed by atoms with Gasteiger partial charge in [0.2, 0.25) is 5.91 Å². The number of methoxy groups -OCH3 is 1. The van der Waals surface area contributed by atoms with E-state index in [2.05, 4.69) is 5.32 Å². The van der Waals surface area contributed by atoms with Crippen LogP contribution in [0.4, 0.5) is 0 Å². The Balaban J connectivity index is 1.58. The summed E-state index contributed by atoms with van der Waals surface area (Å²) in [6.45, 7) is -0.410. The molecule has 45 heavy (non-hydrogen) atoms. The van der Waals surface area contributed by atoms with E-state index in [1.165, 1.54) is 42.7 Å². The van der Waals surface area contributed by atoms with Crippen LogP contribution in [0.5, 0.6) is 11.5 Å². The van der Waals surface area contributed by atoms with Crippen LogP contribution in [0.25, 0.3) is 11.0 Å². The standard InChI is InChI=1S/C32H29IN2O10/c1-42-27-11-19(16-37)10-23(33)29(27)44-26-14-21(30(39)34-7-8-36)13-24(28(26)38)35(15-18-6-9-43-17-18)31(40)22-12-20-4-2-3-5-25(20)45-32(22)41/h2-6,9-12,14,16-17,24,26,28,36,38H,7-8,13,15H2,1H3,(H,34,39). The number of hydrogen-bond donors (Lipinski definition) is 3. The van der Waals surface area contributed by atoms with E-state index in [0.717, 1.165) is 0 Å². The van der Waals surface area contributed by atoms with Crippen molar-refractivity contribution in [1.82, 2.24) is 10.2 Å². The summed E-state index contributed by atoms with van der Waals surface area (Å²) in [5, 5.41) is 24.2. The molecule has 0 spiro atoms. The molecular formula is C32H29IN2O10. The first kappa shape index (κ1) is 31.9. The molecule has 1 aliphatic rings. The lowest BCUT2D eigenvalue weighted by molar-refractivity contribution is -0.118. The second-order valence-electron chi connectivity index (χ2n) is 10.2. The van der Waals surface area contributed by atoms with Gasteiger partial charge in [-0.05, 0) is 59.0 Å². The Bertz CT molecular complexity index is 1800. The van der Waals surface area contributed by atoms with E-state index in [-0.39, 0.29) is 48.8 Å². The number of halogens is 1. The number of para-hydroxylation sites is 1. The van der Waals surface area contributed by atoms with Crippen molar-refractivity contribution in [3.63, 3.8) is 0 Å². The molecule has 13 heteroatoms. The van der Waals surface area contributed by atoms with Crippen molar-refractivity contribution in [2.45, 2.75) is 31.2 Å². The Morgan fingerprint density at radius 3 is 2.71 bits per heavy atom. The zero-order chi connectivity index (χ0) is 32.1. The van der Waals surface area contributed by atoms with E-state index in [1.54, 1.807) is 36.4 Å². The van der Waals surface area contributed by atoms with Gasteiger partial charge in [-0.15, -0.1) is 0 Å². The lowest BCUT2D eigenvalue weighted by Gasteiger charge is -2.40. The number of carbonyl (C=O) groups excluding carboxylic acids is 3. The Kier molecular flexibility index (Phi) is 10.0. The van der Waals surface area contributed by atoms with Gasteiger partial charge in [-0.2, -0.15) is 0 Å². The van der Waals surface area contributed by atoms with Crippen molar-refractivity contribution in [3.8, 4) is 11.5 Å². The summed E-state index contributed by atoms with van der Waals surface area (Å²) in [7, 11) is 1.40. The maximum Gasteiger partial charge on any atom is 0.349 e. The molecule has 2 amide bonds. The Hall–Kier alpha value is -4.47. The molecule has 1 aliphatic carbocycles. The molecule has 0 saturated carbocycles. The summed E-state index contributed by atoms with van der Waals surface area (Å²) in [5.41, 5.74) is 0.277. The normalized spacial score (nSPS) is 17.8. The van der Waals surface area contributed by atoms with Gasteiger partial charge in [0.1, 0.15) is 29.6 Å². The molecule has 2 aromatic carbocycles. The van der Waals surface area contributed by atoms with Crippen LogP contribution in [-0.2, 0) is 11.3 Å². The van der Waals surface area contributed by atoms with Gasteiger partial charge in [0.15, 0.2) is 11.5 Å². The van der Waals surface area contributed by atoms with Crippen molar-refractivity contribution in [3.05, 3.63) is 103 Å². The number of aliphatic hydroxyl groups is 2. The molecule has 3 atom stereocenters. The minimum atomic E-state index is -1.41. The highest BCUT2D eigenvalue weighted by molar-refractivity contribution is 14.1. The highest BCUT2D eigenvalue weighted by Crippen LogP contribution is 2.37. The highest BCUT2D eigenvalue weighted by Gasteiger charge is 2.42. The van der Waals surface area contributed by atoms with Crippen molar-refractivity contribution in [2.75, 3.05) is 20.3 Å². The fourth-order valence-electron chi connectivity index (χ4n) is 5.12. The number of aldehydes is 1. The van der Waals surface area contributed by atoms with Gasteiger partial charge in [0.05, 0.1) is 35.9 Å². The van der Waals surface area contributed by atoms with Crippen LogP contribution in [0.1, 0.15) is 32.7 Å². The smallest absolute Gasteiger partial charge is 0.349 e. The summed E-state index contributed by atoms with van der Waals surface area (Å²) >= 11 is 1.97. The van der Waals surface area contributed by atoms with E-state index in [4.69, 9.17) is 18.3 Å². The third-order valence-corrected chi connectivity index (χ3v) is 8.12. The van der Waals surface area contributed by atoms with Crippen LogP contribution in [0.3, 0.4) is 0 Å². The zero-order valence-electron chi connectivity index (χ0n) is 24.0. The van der Waals surface area contributed by atoms with Crippen LogP contribution in [0, 0.1) is 3.57 Å². The number of amides is 2. The summed E-state index contributed by atoms with van der Waals surface area (Å²) in [5.74, 6) is -0.841. The quantitative estimate of drug-likeness (QED) is 0.119. The number of fused-ring (bicyclic) bond motifs is 1. The SMILES string of the molecule is COc1cc(C=O)cc(I)c1OC1C=C(C(=O)NCCO)CC(N(Cc2ccoc2)C(=O)c2cc3ccccc3oc2=O)C1O. The van der Waals surface area contributed by atoms with Crippen LogP contribution >= 0.6 is 22.6 Å². The fraction of sp³-hybridized carbons (Fsp3) is 0.250. The summed E-state index contributed by atoms with van der Waals surface area (Å²) in [6, 6.07) is 11.8. The molecule has 0 radical (unpaired) electrons. The molecule has 234 valence electrons. The summed E-state index contributed by atoms with van der Waals surface area (Å²) < 4.78 is 22.8. The first-order chi connectivity index (χ1) is 21.7. The maximum absolute atomic E-state index is 14.2. The Morgan fingerprint density at radius 1 is 1.20 bits per heavy atom. The van der Waals surface area contributed by atoms with Gasteiger partial charge < -0.3 is 38.7 Å². The predicted octanol–water partition coefficient (Wildman–Crippen LogP) is 3.07. The predicted molar refractivity (Wildman–Crippen MR) is 169 cm³/mol. The molecule has 0 saturated heterocycles. The van der Waals surface area contributed by atoms with Crippen LogP contribution < -0.4 is 20.4 Å². The van der Waals surface area contributed by atoms with Gasteiger partial charge in [-0.3, -0.25) is 14.4 Å². The van der Waals surface area contributed by atoms with Crippen LogP contribution in [0.15, 0.2) is 86.3 Å². The van der Waals surface area contributed by atoms with Gasteiger partial charge in [0, 0.05) is 41.6 Å². The van der Waals surface area contributed by atoms with Gasteiger partial charge in [-0.1, -0.05) is 18.2 Å². The van der Waals surface area contributed by atoms with E-state index in [1.807, 2.05) is 22.6 Å². The average molecular weight is 728 g/mol. The second-order valence-corrected chi connectivity index (χ2v) is 11.4. The van der Waals surface area contributed by atoms with Crippen molar-refractivity contribution in [1.29, 1.82) is 0 Å². The first-order valence-electron chi connectivity index (χ1n) is 13.9.